The van der Waals surface area contributed by atoms with Gasteiger partial charge in [0.25, 0.3) is 0 Å². The summed E-state index contributed by atoms with van der Waals surface area (Å²) in [5.41, 5.74) is -2.51. The first-order valence-corrected chi connectivity index (χ1v) is 11.0. The van der Waals surface area contributed by atoms with E-state index in [-0.39, 0.29) is 11.8 Å². The van der Waals surface area contributed by atoms with Crippen molar-refractivity contribution in [2.75, 3.05) is 22.9 Å². The number of β-lactam (4-membered cyclic amide) rings is 2. The highest BCUT2D eigenvalue weighted by molar-refractivity contribution is 6.03. The first-order chi connectivity index (χ1) is 17.3. The van der Waals surface area contributed by atoms with Crippen LogP contribution in [0.2, 0.25) is 0 Å². The Balaban J connectivity index is 1.72. The predicted molar refractivity (Wildman–Crippen MR) is 124 cm³/mol. The van der Waals surface area contributed by atoms with E-state index in [0.717, 1.165) is 6.08 Å². The highest BCUT2D eigenvalue weighted by Crippen LogP contribution is 2.40. The number of nitrogens with zero attached hydrogens (tertiary/aromatic N) is 2. The summed E-state index contributed by atoms with van der Waals surface area (Å²) in [7, 11) is 0. The van der Waals surface area contributed by atoms with Crippen LogP contribution >= 0.6 is 0 Å². The largest absolute Gasteiger partial charge is 0.419 e. The van der Waals surface area contributed by atoms with Crippen LogP contribution in [0.25, 0.3) is 11.6 Å². The van der Waals surface area contributed by atoms with Crippen LogP contribution in [0.5, 0.6) is 0 Å². The van der Waals surface area contributed by atoms with Crippen molar-refractivity contribution in [1.29, 1.82) is 0 Å². The van der Waals surface area contributed by atoms with Crippen molar-refractivity contribution < 1.29 is 40.3 Å². The van der Waals surface area contributed by atoms with E-state index in [1.807, 2.05) is 0 Å². The smallest absolute Gasteiger partial charge is 0.312 e. The van der Waals surface area contributed by atoms with Crippen molar-refractivity contribution in [2.24, 2.45) is 0 Å². The molecule has 0 aromatic heterocycles. The number of hydrogen-bond acceptors (Lipinski definition) is 2. The Morgan fingerprint density at radius 1 is 0.811 bits per heavy atom. The summed E-state index contributed by atoms with van der Waals surface area (Å²) in [5, 5.41) is 0. The maximum absolute atomic E-state index is 14.0. The first kappa shape index (κ1) is 26.2. The van der Waals surface area contributed by atoms with Crippen LogP contribution in [-0.4, -0.2) is 24.9 Å². The molecular formula is C26H19F7N2O2. The minimum absolute atomic E-state index is 0.0979. The summed E-state index contributed by atoms with van der Waals surface area (Å²) >= 11 is 0. The van der Waals surface area contributed by atoms with Gasteiger partial charge in [0.05, 0.1) is 11.1 Å². The molecule has 2 amide bonds. The summed E-state index contributed by atoms with van der Waals surface area (Å²) in [5.74, 6) is -2.58. The average Bonchev–Trinajstić information content (AvgIpc) is 2.79. The molecule has 2 aliphatic rings. The molecular weight excluding hydrogens is 505 g/mol. The van der Waals surface area contributed by atoms with Crippen LogP contribution < -0.4 is 9.80 Å². The number of alkyl halides is 6. The SMILES string of the molecule is C=C/C(=C\C=C\c1cc(C(F)(F)F)c(F)c(C(F)(F)F)c1)c1cc(N2CCC2=O)cc(N2CCC2=O)c1. The van der Waals surface area contributed by atoms with Gasteiger partial charge in [-0.25, -0.2) is 4.39 Å². The second kappa shape index (κ2) is 9.53. The zero-order valence-corrected chi connectivity index (χ0v) is 19.1. The molecule has 4 rings (SSSR count). The number of rotatable bonds is 6. The Labute approximate surface area is 207 Å². The molecule has 2 aliphatic heterocycles. The van der Waals surface area contributed by atoms with Gasteiger partial charge in [-0.2, -0.15) is 26.3 Å². The minimum atomic E-state index is -5.32. The number of halogens is 7. The number of anilines is 2. The Morgan fingerprint density at radius 3 is 1.65 bits per heavy atom. The van der Waals surface area contributed by atoms with Gasteiger partial charge in [-0.15, -0.1) is 0 Å². The van der Waals surface area contributed by atoms with Gasteiger partial charge in [0.15, 0.2) is 0 Å². The molecule has 194 valence electrons. The maximum atomic E-state index is 14.0. The molecule has 0 N–H and O–H groups in total. The van der Waals surface area contributed by atoms with Crippen molar-refractivity contribution >= 4 is 34.8 Å². The molecule has 0 radical (unpaired) electrons. The molecule has 2 saturated heterocycles. The summed E-state index contributed by atoms with van der Waals surface area (Å²) in [6.45, 7) is 4.70. The summed E-state index contributed by atoms with van der Waals surface area (Å²) in [6, 6.07) is 5.64. The molecule has 4 nitrogen and oxygen atoms in total. The Hall–Kier alpha value is -3.89. The molecule has 37 heavy (non-hydrogen) atoms. The van der Waals surface area contributed by atoms with Crippen molar-refractivity contribution in [3.8, 4) is 0 Å². The number of benzene rings is 2. The third kappa shape index (κ3) is 5.30. The Kier molecular flexibility index (Phi) is 6.74. The zero-order chi connectivity index (χ0) is 27.1. The lowest BCUT2D eigenvalue weighted by atomic mass is 9.99. The van der Waals surface area contributed by atoms with Gasteiger partial charge in [0.2, 0.25) is 11.8 Å². The number of carbonyl (C=O) groups excluding carboxylic acids is 2. The fourth-order valence-electron chi connectivity index (χ4n) is 3.95. The topological polar surface area (TPSA) is 40.6 Å². The van der Waals surface area contributed by atoms with Crippen LogP contribution in [-0.2, 0) is 21.9 Å². The van der Waals surface area contributed by atoms with E-state index in [1.54, 1.807) is 18.2 Å². The van der Waals surface area contributed by atoms with Crippen molar-refractivity contribution in [3.63, 3.8) is 0 Å². The highest BCUT2D eigenvalue weighted by atomic mass is 19.4. The van der Waals surface area contributed by atoms with Crippen LogP contribution in [0.4, 0.5) is 42.1 Å². The molecule has 0 spiro atoms. The second-order valence-electron chi connectivity index (χ2n) is 8.44. The lowest BCUT2D eigenvalue weighted by Gasteiger charge is -2.35. The first-order valence-electron chi connectivity index (χ1n) is 11.0. The number of hydrogen-bond donors (Lipinski definition) is 0. The van der Waals surface area contributed by atoms with Crippen LogP contribution in [0.1, 0.15) is 35.1 Å². The van der Waals surface area contributed by atoms with Gasteiger partial charge >= 0.3 is 12.4 Å². The van der Waals surface area contributed by atoms with Crippen molar-refractivity contribution in [2.45, 2.75) is 25.2 Å². The van der Waals surface area contributed by atoms with E-state index < -0.39 is 34.9 Å². The highest BCUT2D eigenvalue weighted by Gasteiger charge is 2.42. The predicted octanol–water partition coefficient (Wildman–Crippen LogP) is 6.62. The van der Waals surface area contributed by atoms with Crippen LogP contribution in [0.3, 0.4) is 0 Å². The average molecular weight is 524 g/mol. The van der Waals surface area contributed by atoms with Crippen molar-refractivity contribution in [1.82, 2.24) is 0 Å². The van der Waals surface area contributed by atoms with Gasteiger partial charge in [-0.3, -0.25) is 9.59 Å². The molecule has 0 atom stereocenters. The molecule has 2 aromatic rings. The molecule has 11 heteroatoms. The Morgan fingerprint density at radius 2 is 1.30 bits per heavy atom. The molecule has 0 bridgehead atoms. The fraction of sp³-hybridized carbons (Fsp3) is 0.231. The minimum Gasteiger partial charge on any atom is -0.312 e. The standard InChI is InChI=1S/C26H19F7N2O2/c1-2-16(5-3-4-15-10-20(25(28,29)30)24(27)21(11-15)26(31,32)33)17-12-18(34-8-6-22(34)36)14-19(13-17)35-9-7-23(35)37/h2-5,10-14H,1,6-9H2/b4-3+,16-5+. The molecule has 2 heterocycles. The normalized spacial score (nSPS) is 16.8. The molecule has 0 unspecified atom stereocenters. The number of allylic oxidation sites excluding steroid dienone is 4. The van der Waals surface area contributed by atoms with Gasteiger partial charge in [0.1, 0.15) is 5.82 Å². The van der Waals surface area contributed by atoms with Gasteiger partial charge < -0.3 is 9.80 Å². The quantitative estimate of drug-likeness (QED) is 0.242. The summed E-state index contributed by atoms with van der Waals surface area (Å²) in [6.07, 6.45) is -4.88. The van der Waals surface area contributed by atoms with E-state index >= 15 is 0 Å². The maximum Gasteiger partial charge on any atom is 0.419 e. The summed E-state index contributed by atoms with van der Waals surface area (Å²) < 4.78 is 92.8. The zero-order valence-electron chi connectivity index (χ0n) is 19.1. The Bertz CT molecular complexity index is 1260. The van der Waals surface area contributed by atoms with E-state index in [4.69, 9.17) is 0 Å². The molecule has 2 fully saturated rings. The monoisotopic (exact) mass is 524 g/mol. The van der Waals surface area contributed by atoms with Crippen LogP contribution in [0, 0.1) is 5.82 Å². The number of carbonyl (C=O) groups is 2. The lowest BCUT2D eigenvalue weighted by molar-refractivity contribution is -0.147. The van der Waals surface area contributed by atoms with E-state index in [9.17, 15) is 40.3 Å². The van der Waals surface area contributed by atoms with Gasteiger partial charge in [-0.1, -0.05) is 30.9 Å². The van der Waals surface area contributed by atoms with E-state index in [2.05, 4.69) is 6.58 Å². The van der Waals surface area contributed by atoms with Crippen molar-refractivity contribution in [3.05, 3.63) is 83.2 Å². The summed E-state index contributed by atoms with van der Waals surface area (Å²) in [4.78, 5) is 27.0. The fourth-order valence-corrected chi connectivity index (χ4v) is 3.95. The molecule has 0 aliphatic carbocycles. The molecule has 0 saturated carbocycles. The van der Waals surface area contributed by atoms with E-state index in [1.165, 1.54) is 28.0 Å². The van der Waals surface area contributed by atoms with E-state index in [0.29, 0.717) is 60.6 Å². The molecule has 2 aromatic carbocycles. The lowest BCUT2D eigenvalue weighted by Crippen LogP contribution is -2.45. The number of amides is 2. The third-order valence-electron chi connectivity index (χ3n) is 6.05. The second-order valence-corrected chi connectivity index (χ2v) is 8.44. The van der Waals surface area contributed by atoms with Gasteiger partial charge in [0, 0.05) is 37.3 Å². The van der Waals surface area contributed by atoms with Gasteiger partial charge in [-0.05, 0) is 47.0 Å². The van der Waals surface area contributed by atoms with Crippen LogP contribution in [0.15, 0.2) is 55.1 Å². The third-order valence-corrected chi connectivity index (χ3v) is 6.05.